The number of ether oxygens (including phenoxy) is 2. The van der Waals surface area contributed by atoms with E-state index in [1.54, 1.807) is 19.1 Å². The van der Waals surface area contributed by atoms with Crippen molar-refractivity contribution >= 4 is 17.7 Å². The highest BCUT2D eigenvalue weighted by Crippen LogP contribution is 2.61. The maximum Gasteiger partial charge on any atom is 0.303 e. The van der Waals surface area contributed by atoms with Gasteiger partial charge in [0.15, 0.2) is 5.78 Å². The van der Waals surface area contributed by atoms with Crippen LogP contribution in [0.3, 0.4) is 0 Å². The van der Waals surface area contributed by atoms with Crippen LogP contribution < -0.4 is 5.32 Å². The fourth-order valence-corrected chi connectivity index (χ4v) is 7.41. The number of aliphatic hydroxyl groups excluding tert-OH is 1. The van der Waals surface area contributed by atoms with Gasteiger partial charge in [0.1, 0.15) is 29.3 Å². The fourth-order valence-electron chi connectivity index (χ4n) is 7.41. The summed E-state index contributed by atoms with van der Waals surface area (Å²) in [5.74, 6) is -3.34. The summed E-state index contributed by atoms with van der Waals surface area (Å²) in [6.45, 7) is 10.6. The predicted molar refractivity (Wildman–Crippen MR) is 139 cm³/mol. The Morgan fingerprint density at radius 1 is 1.24 bits per heavy atom. The molecule has 2 aliphatic heterocycles. The quantitative estimate of drug-likeness (QED) is 0.315. The highest BCUT2D eigenvalue weighted by molar-refractivity contribution is 5.91. The van der Waals surface area contributed by atoms with E-state index in [-0.39, 0.29) is 23.7 Å². The van der Waals surface area contributed by atoms with Gasteiger partial charge in [-0.25, -0.2) is 0 Å². The lowest BCUT2D eigenvalue weighted by Crippen LogP contribution is -2.62. The molecule has 1 spiro atoms. The molecular formula is C30H37NO7. The molecular weight excluding hydrogens is 486 g/mol. The highest BCUT2D eigenvalue weighted by atomic mass is 16.6. The van der Waals surface area contributed by atoms with E-state index >= 15 is 0 Å². The molecule has 8 nitrogen and oxygen atoms in total. The van der Waals surface area contributed by atoms with Gasteiger partial charge < -0.3 is 25.0 Å². The van der Waals surface area contributed by atoms with Gasteiger partial charge >= 0.3 is 5.97 Å². The van der Waals surface area contributed by atoms with E-state index in [9.17, 15) is 24.6 Å². The standard InChI is InChI=1S/C30H37NO7/c1-15-10-9-13-20-23(33)17(3)16(2)22-21(14-19-11-7-6-8-12-19)31-28(35)30(20,22)27(37-18(4)32)24-26(38-24)29(5,36)25(15)34/h6-9,11-13,15-16,20-24,26-27,33,36H,3,10,14H2,1-2,4-5H3,(H,31,35)/t15-,16+,20-,21-,22-,23+,24+,26+,27+,29-,30-/m0/s1. The number of hydrogen-bond donors (Lipinski definition) is 3. The Morgan fingerprint density at radius 2 is 1.92 bits per heavy atom. The number of Topliss-reactive ketones (excluding diaryl/α,β-unsaturated/α-hetero) is 1. The Morgan fingerprint density at radius 3 is 2.58 bits per heavy atom. The Labute approximate surface area is 223 Å². The molecule has 204 valence electrons. The smallest absolute Gasteiger partial charge is 0.303 e. The zero-order valence-corrected chi connectivity index (χ0v) is 22.3. The first kappa shape index (κ1) is 26.8. The number of rotatable bonds is 3. The minimum absolute atomic E-state index is 0.302. The van der Waals surface area contributed by atoms with Crippen molar-refractivity contribution in [3.8, 4) is 0 Å². The van der Waals surface area contributed by atoms with Gasteiger partial charge in [0.2, 0.25) is 5.91 Å². The van der Waals surface area contributed by atoms with Gasteiger partial charge in [0, 0.05) is 30.7 Å². The second-order valence-corrected chi connectivity index (χ2v) is 11.7. The average molecular weight is 524 g/mol. The SMILES string of the molecule is C=C1[C@@H](C)[C@H]2[C@H](Cc3ccccc3)NC(=O)[C@]23[C@H](OC(C)=O)[C@@H]2O[C@H]2[C@@](C)(O)C(=O)[C@@H](C)CC=C[C@H]3[C@@H]1O. The Balaban J connectivity index is 1.70. The minimum atomic E-state index is -1.83. The molecule has 0 unspecified atom stereocenters. The molecule has 0 radical (unpaired) electrons. The van der Waals surface area contributed by atoms with Gasteiger partial charge in [-0.15, -0.1) is 0 Å². The predicted octanol–water partition coefficient (Wildman–Crippen LogP) is 2.13. The second-order valence-electron chi connectivity index (χ2n) is 11.7. The average Bonchev–Trinajstić information content (AvgIpc) is 3.62. The zero-order chi connectivity index (χ0) is 27.6. The molecule has 5 rings (SSSR count). The number of nitrogens with one attached hydrogen (secondary N) is 1. The summed E-state index contributed by atoms with van der Waals surface area (Å²) in [4.78, 5) is 40.0. The summed E-state index contributed by atoms with van der Waals surface area (Å²) in [6, 6.07) is 9.48. The number of esters is 1. The Bertz CT molecular complexity index is 1180. The minimum Gasteiger partial charge on any atom is -0.458 e. The van der Waals surface area contributed by atoms with Crippen LogP contribution in [0, 0.1) is 29.1 Å². The number of aliphatic hydroxyl groups is 2. The number of benzene rings is 1. The molecule has 11 atom stereocenters. The normalized spacial score (nSPS) is 44.3. The number of carbonyl (C=O) groups is 3. The number of carbonyl (C=O) groups excluding carboxylic acids is 3. The van der Waals surface area contributed by atoms with Crippen LogP contribution in [0.2, 0.25) is 0 Å². The first-order valence-electron chi connectivity index (χ1n) is 13.4. The first-order chi connectivity index (χ1) is 17.9. The fraction of sp³-hybridized carbons (Fsp3) is 0.567. The van der Waals surface area contributed by atoms with Gasteiger partial charge in [0.25, 0.3) is 0 Å². The van der Waals surface area contributed by atoms with Crippen LogP contribution in [0.1, 0.15) is 39.7 Å². The molecule has 4 aliphatic rings. The third-order valence-corrected chi connectivity index (χ3v) is 9.31. The third kappa shape index (κ3) is 3.96. The Hall–Kier alpha value is -2.81. The molecule has 0 aromatic heterocycles. The van der Waals surface area contributed by atoms with E-state index in [0.717, 1.165) is 5.56 Å². The molecule has 38 heavy (non-hydrogen) atoms. The molecule has 2 aliphatic carbocycles. The van der Waals surface area contributed by atoms with Crippen LogP contribution in [0.15, 0.2) is 54.6 Å². The largest absolute Gasteiger partial charge is 0.458 e. The van der Waals surface area contributed by atoms with Crippen molar-refractivity contribution in [3.05, 3.63) is 60.2 Å². The van der Waals surface area contributed by atoms with E-state index in [4.69, 9.17) is 9.47 Å². The van der Waals surface area contributed by atoms with Gasteiger partial charge in [-0.05, 0) is 36.8 Å². The second kappa shape index (κ2) is 9.43. The highest BCUT2D eigenvalue weighted by Gasteiger charge is 2.74. The van der Waals surface area contributed by atoms with Crippen molar-refractivity contribution in [2.24, 2.45) is 29.1 Å². The molecule has 2 saturated heterocycles. The molecule has 1 aromatic carbocycles. The maximum atomic E-state index is 14.3. The van der Waals surface area contributed by atoms with Crippen LogP contribution in [0.25, 0.3) is 0 Å². The van der Waals surface area contributed by atoms with Crippen molar-refractivity contribution < 1.29 is 34.1 Å². The molecule has 1 aromatic rings. The van der Waals surface area contributed by atoms with Gasteiger partial charge in [-0.3, -0.25) is 14.4 Å². The van der Waals surface area contributed by atoms with Crippen molar-refractivity contribution in [1.29, 1.82) is 0 Å². The van der Waals surface area contributed by atoms with Gasteiger partial charge in [-0.2, -0.15) is 0 Å². The van der Waals surface area contributed by atoms with E-state index in [1.165, 1.54) is 13.8 Å². The molecule has 1 amide bonds. The van der Waals surface area contributed by atoms with Gasteiger partial charge in [-0.1, -0.05) is 62.9 Å². The number of hydrogen-bond acceptors (Lipinski definition) is 7. The summed E-state index contributed by atoms with van der Waals surface area (Å²) in [7, 11) is 0. The van der Waals surface area contributed by atoms with E-state index < -0.39 is 59.2 Å². The number of amides is 1. The molecule has 0 bridgehead atoms. The molecule has 3 fully saturated rings. The summed E-state index contributed by atoms with van der Waals surface area (Å²) >= 11 is 0. The maximum absolute atomic E-state index is 14.3. The monoisotopic (exact) mass is 523 g/mol. The lowest BCUT2D eigenvalue weighted by atomic mass is 9.51. The van der Waals surface area contributed by atoms with Gasteiger partial charge in [0.05, 0.1) is 6.10 Å². The summed E-state index contributed by atoms with van der Waals surface area (Å²) < 4.78 is 11.9. The number of allylic oxidation sites excluding steroid dienone is 1. The number of ketones is 1. The topological polar surface area (TPSA) is 125 Å². The first-order valence-corrected chi connectivity index (χ1v) is 13.4. The van der Waals surface area contributed by atoms with Crippen molar-refractivity contribution in [2.45, 2.75) is 76.6 Å². The van der Waals surface area contributed by atoms with E-state index in [2.05, 4.69) is 11.9 Å². The molecule has 1 saturated carbocycles. The number of fused-ring (bicyclic) bond motifs is 1. The van der Waals surface area contributed by atoms with Crippen molar-refractivity contribution in [1.82, 2.24) is 5.32 Å². The van der Waals surface area contributed by atoms with E-state index in [0.29, 0.717) is 18.4 Å². The molecule has 3 N–H and O–H groups in total. The van der Waals surface area contributed by atoms with Crippen LogP contribution >= 0.6 is 0 Å². The summed E-state index contributed by atoms with van der Waals surface area (Å²) in [5, 5.41) is 26.0. The summed E-state index contributed by atoms with van der Waals surface area (Å²) in [5.41, 5.74) is -1.60. The van der Waals surface area contributed by atoms with E-state index in [1.807, 2.05) is 37.3 Å². The van der Waals surface area contributed by atoms with Crippen molar-refractivity contribution in [3.63, 3.8) is 0 Å². The lowest BCUT2D eigenvalue weighted by Gasteiger charge is -2.52. The summed E-state index contributed by atoms with van der Waals surface area (Å²) in [6.07, 6.45) is 0.350. The molecule has 2 heterocycles. The van der Waals surface area contributed by atoms with Crippen molar-refractivity contribution in [2.75, 3.05) is 0 Å². The third-order valence-electron chi connectivity index (χ3n) is 9.31. The van der Waals surface area contributed by atoms with Crippen LogP contribution in [0.5, 0.6) is 0 Å². The van der Waals surface area contributed by atoms with Crippen LogP contribution in [-0.4, -0.2) is 63.9 Å². The lowest BCUT2D eigenvalue weighted by molar-refractivity contribution is -0.175. The van der Waals surface area contributed by atoms with Crippen LogP contribution in [0.4, 0.5) is 0 Å². The van der Waals surface area contributed by atoms with Crippen LogP contribution in [-0.2, 0) is 30.3 Å². The Kier molecular flexibility index (Phi) is 6.65. The molecule has 8 heteroatoms. The zero-order valence-electron chi connectivity index (χ0n) is 22.3. The number of epoxide rings is 1.